The second-order valence-corrected chi connectivity index (χ2v) is 6.65. The van der Waals surface area contributed by atoms with Crippen molar-refractivity contribution in [3.8, 4) is 0 Å². The van der Waals surface area contributed by atoms with Crippen molar-refractivity contribution in [2.24, 2.45) is 5.73 Å². The highest BCUT2D eigenvalue weighted by Crippen LogP contribution is 2.35. The first-order chi connectivity index (χ1) is 10.3. The van der Waals surface area contributed by atoms with Gasteiger partial charge in [0.1, 0.15) is 0 Å². The minimum absolute atomic E-state index is 0.320. The molecule has 4 unspecified atom stereocenters. The number of hydrogen-bond acceptors (Lipinski definition) is 3. The van der Waals surface area contributed by atoms with Gasteiger partial charge in [-0.1, -0.05) is 30.3 Å². The van der Waals surface area contributed by atoms with E-state index in [0.29, 0.717) is 24.1 Å². The molecule has 3 heteroatoms. The Bertz CT molecular complexity index is 436. The summed E-state index contributed by atoms with van der Waals surface area (Å²) in [5, 5.41) is 0. The van der Waals surface area contributed by atoms with Gasteiger partial charge in [0.15, 0.2) is 0 Å². The average Bonchev–Trinajstić information content (AvgIpc) is 2.56. The molecule has 1 aliphatic heterocycles. The molecular formula is C18H28N2O. The van der Waals surface area contributed by atoms with Crippen LogP contribution in [0.4, 0.5) is 0 Å². The van der Waals surface area contributed by atoms with Crippen LogP contribution in [0.1, 0.15) is 43.6 Å². The van der Waals surface area contributed by atoms with Crippen LogP contribution in [0.15, 0.2) is 30.3 Å². The first kappa shape index (κ1) is 15.0. The van der Waals surface area contributed by atoms with Crippen LogP contribution in [-0.4, -0.2) is 43.3 Å². The fourth-order valence-corrected chi connectivity index (χ4v) is 4.08. The van der Waals surface area contributed by atoms with Crippen LogP contribution in [0.3, 0.4) is 0 Å². The lowest BCUT2D eigenvalue weighted by atomic mass is 9.78. The predicted molar refractivity (Wildman–Crippen MR) is 86.4 cm³/mol. The number of hydrogen-bond donors (Lipinski definition) is 1. The number of nitrogens with two attached hydrogens (primary N) is 1. The largest absolute Gasteiger partial charge is 0.380 e. The summed E-state index contributed by atoms with van der Waals surface area (Å²) in [4.78, 5) is 2.59. The van der Waals surface area contributed by atoms with Gasteiger partial charge in [0.05, 0.1) is 6.10 Å². The number of rotatable bonds is 3. The highest BCUT2D eigenvalue weighted by atomic mass is 16.5. The molecule has 1 heterocycles. The first-order valence-corrected chi connectivity index (χ1v) is 8.35. The minimum atomic E-state index is 0.320. The van der Waals surface area contributed by atoms with Crippen molar-refractivity contribution in [1.82, 2.24) is 4.90 Å². The molecule has 2 N–H and O–H groups in total. The quantitative estimate of drug-likeness (QED) is 0.929. The van der Waals surface area contributed by atoms with Crippen LogP contribution in [-0.2, 0) is 4.74 Å². The number of methoxy groups -OCH3 is 1. The Balaban J connectivity index is 1.69. The van der Waals surface area contributed by atoms with Crippen molar-refractivity contribution >= 4 is 0 Å². The van der Waals surface area contributed by atoms with Crippen molar-refractivity contribution in [3.05, 3.63) is 35.9 Å². The zero-order valence-corrected chi connectivity index (χ0v) is 13.1. The molecule has 0 amide bonds. The monoisotopic (exact) mass is 288 g/mol. The van der Waals surface area contributed by atoms with Gasteiger partial charge >= 0.3 is 0 Å². The van der Waals surface area contributed by atoms with E-state index in [4.69, 9.17) is 10.5 Å². The Kier molecular flexibility index (Phi) is 4.94. The average molecular weight is 288 g/mol. The van der Waals surface area contributed by atoms with E-state index in [1.165, 1.54) is 37.8 Å². The fourth-order valence-electron chi connectivity index (χ4n) is 4.08. The summed E-state index contributed by atoms with van der Waals surface area (Å²) < 4.78 is 5.58. The normalized spacial score (nSPS) is 34.8. The summed E-state index contributed by atoms with van der Waals surface area (Å²) >= 11 is 0. The van der Waals surface area contributed by atoms with E-state index in [2.05, 4.69) is 35.2 Å². The maximum atomic E-state index is 6.45. The minimum Gasteiger partial charge on any atom is -0.380 e. The Labute approximate surface area is 128 Å². The van der Waals surface area contributed by atoms with Crippen LogP contribution in [0.5, 0.6) is 0 Å². The lowest BCUT2D eigenvalue weighted by Gasteiger charge is -2.44. The summed E-state index contributed by atoms with van der Waals surface area (Å²) in [6.07, 6.45) is 6.38. The van der Waals surface area contributed by atoms with Crippen molar-refractivity contribution < 1.29 is 4.74 Å². The van der Waals surface area contributed by atoms with E-state index in [1.807, 2.05) is 7.11 Å². The van der Waals surface area contributed by atoms with E-state index < -0.39 is 0 Å². The van der Waals surface area contributed by atoms with E-state index in [9.17, 15) is 0 Å². The van der Waals surface area contributed by atoms with Gasteiger partial charge in [-0.25, -0.2) is 0 Å². The Morgan fingerprint density at radius 3 is 2.71 bits per heavy atom. The van der Waals surface area contributed by atoms with Gasteiger partial charge in [0.2, 0.25) is 0 Å². The lowest BCUT2D eigenvalue weighted by molar-refractivity contribution is 0.00164. The van der Waals surface area contributed by atoms with Gasteiger partial charge < -0.3 is 10.5 Å². The predicted octanol–water partition coefficient (Wildman–Crippen LogP) is 2.76. The molecular weight excluding hydrogens is 260 g/mol. The molecule has 0 aromatic heterocycles. The summed E-state index contributed by atoms with van der Waals surface area (Å²) in [7, 11) is 1.84. The number of piperidine rings is 1. The van der Waals surface area contributed by atoms with E-state index >= 15 is 0 Å². The van der Waals surface area contributed by atoms with Gasteiger partial charge in [0, 0.05) is 25.7 Å². The molecule has 3 rings (SSSR count). The molecule has 1 saturated carbocycles. The molecule has 0 bridgehead atoms. The maximum absolute atomic E-state index is 6.45. The van der Waals surface area contributed by atoms with Gasteiger partial charge in [-0.15, -0.1) is 0 Å². The smallest absolute Gasteiger partial charge is 0.0698 e. The standard InChI is InChI=1S/C18H28N2O/c1-21-16-8-5-11-20(13-16)18-12-15(9-10-17(18)19)14-6-3-2-4-7-14/h2-4,6-7,15-18H,5,8-13,19H2,1H3. The lowest BCUT2D eigenvalue weighted by Crippen LogP contribution is -2.54. The number of nitrogens with zero attached hydrogens (tertiary/aromatic N) is 1. The van der Waals surface area contributed by atoms with Crippen LogP contribution < -0.4 is 5.73 Å². The molecule has 4 atom stereocenters. The van der Waals surface area contributed by atoms with Gasteiger partial charge in [-0.2, -0.15) is 0 Å². The Morgan fingerprint density at radius 2 is 1.95 bits per heavy atom. The van der Waals surface area contributed by atoms with Crippen molar-refractivity contribution in [1.29, 1.82) is 0 Å². The Morgan fingerprint density at radius 1 is 1.14 bits per heavy atom. The van der Waals surface area contributed by atoms with Gasteiger partial charge in [-0.05, 0) is 50.1 Å². The molecule has 21 heavy (non-hydrogen) atoms. The Hall–Kier alpha value is -0.900. The summed E-state index contributed by atoms with van der Waals surface area (Å²) in [6, 6.07) is 11.8. The van der Waals surface area contributed by atoms with Crippen LogP contribution in [0.2, 0.25) is 0 Å². The highest BCUT2D eigenvalue weighted by molar-refractivity contribution is 5.21. The SMILES string of the molecule is COC1CCCN(C2CC(c3ccccc3)CCC2N)C1. The first-order valence-electron chi connectivity index (χ1n) is 8.35. The molecule has 1 aromatic rings. The zero-order chi connectivity index (χ0) is 14.7. The third-order valence-corrected chi connectivity index (χ3v) is 5.35. The summed E-state index contributed by atoms with van der Waals surface area (Å²) in [5.41, 5.74) is 7.94. The number of benzene rings is 1. The molecule has 2 fully saturated rings. The number of likely N-dealkylation sites (tertiary alicyclic amines) is 1. The molecule has 1 aliphatic carbocycles. The van der Waals surface area contributed by atoms with Crippen molar-refractivity contribution in [3.63, 3.8) is 0 Å². The topological polar surface area (TPSA) is 38.5 Å². The van der Waals surface area contributed by atoms with Crippen LogP contribution in [0.25, 0.3) is 0 Å². The third-order valence-electron chi connectivity index (χ3n) is 5.35. The zero-order valence-electron chi connectivity index (χ0n) is 13.1. The van der Waals surface area contributed by atoms with Gasteiger partial charge in [-0.3, -0.25) is 4.90 Å². The second-order valence-electron chi connectivity index (χ2n) is 6.65. The molecule has 1 aromatic carbocycles. The van der Waals surface area contributed by atoms with E-state index in [-0.39, 0.29) is 0 Å². The van der Waals surface area contributed by atoms with Crippen LogP contribution in [0, 0.1) is 0 Å². The number of ether oxygens (including phenoxy) is 1. The fraction of sp³-hybridized carbons (Fsp3) is 0.667. The molecule has 0 radical (unpaired) electrons. The van der Waals surface area contributed by atoms with Crippen molar-refractivity contribution in [2.75, 3.05) is 20.2 Å². The molecule has 2 aliphatic rings. The van der Waals surface area contributed by atoms with Gasteiger partial charge in [0.25, 0.3) is 0 Å². The van der Waals surface area contributed by atoms with Crippen molar-refractivity contribution in [2.45, 2.75) is 56.2 Å². The molecule has 0 spiro atoms. The molecule has 3 nitrogen and oxygen atoms in total. The summed E-state index contributed by atoms with van der Waals surface area (Å²) in [5.74, 6) is 0.666. The third kappa shape index (κ3) is 3.47. The molecule has 116 valence electrons. The highest BCUT2D eigenvalue weighted by Gasteiger charge is 2.35. The van der Waals surface area contributed by atoms with E-state index in [0.717, 1.165) is 13.0 Å². The van der Waals surface area contributed by atoms with Crippen LogP contribution >= 0.6 is 0 Å². The second kappa shape index (κ2) is 6.91. The maximum Gasteiger partial charge on any atom is 0.0698 e. The summed E-state index contributed by atoms with van der Waals surface area (Å²) in [6.45, 7) is 2.23. The van der Waals surface area contributed by atoms with E-state index in [1.54, 1.807) is 0 Å². The molecule has 1 saturated heterocycles.